The lowest BCUT2D eigenvalue weighted by atomic mass is 10.2. The van der Waals surface area contributed by atoms with Gasteiger partial charge in [-0.05, 0) is 11.4 Å². The number of phosphoric acid groups is 3. The molecule has 0 saturated carbocycles. The average Bonchev–Trinajstić information content (AvgIpc) is 3.20. The van der Waals surface area contributed by atoms with E-state index in [1.807, 2.05) is 0 Å². The van der Waals surface area contributed by atoms with Crippen molar-refractivity contribution in [3.63, 3.8) is 0 Å². The molecule has 3 unspecified atom stereocenters. The minimum Gasteiger partial charge on any atom is -0.390 e. The van der Waals surface area contributed by atoms with E-state index in [2.05, 4.69) is 13.1 Å². The molecule has 1 fully saturated rings. The van der Waals surface area contributed by atoms with E-state index in [4.69, 9.17) is 31.6 Å². The fourth-order valence-electron chi connectivity index (χ4n) is 2.75. The van der Waals surface area contributed by atoms with Crippen molar-refractivity contribution in [1.29, 1.82) is 0 Å². The molecule has 1 aliphatic heterocycles. The number of phosphoric ester groups is 1. The van der Waals surface area contributed by atoms with Gasteiger partial charge in [0.05, 0.1) is 17.4 Å². The molecule has 1 saturated heterocycles. The van der Waals surface area contributed by atoms with Gasteiger partial charge in [0.15, 0.2) is 0 Å². The standard InChI is InChI=1S/C12H15FNO12P3S2/c13-7-4-14(12(30)11-6(7)1-2-31-11)10-3-8(15)9(24-10)5-23-28(19,20)26-29(21,22)25-27(16,17)18/h1-2,4,8-10,15H,3,5H2,(H,19,20)(H,21,22)(H2,16,17,18)/t8?,9-,10-/m1/s1. The van der Waals surface area contributed by atoms with Gasteiger partial charge in [-0.25, -0.2) is 18.1 Å². The summed E-state index contributed by atoms with van der Waals surface area (Å²) >= 11 is 6.53. The number of ether oxygens (including phenoxy) is 1. The lowest BCUT2D eigenvalue weighted by Crippen LogP contribution is -2.26. The number of nitrogens with zero attached hydrogens (tertiary/aromatic N) is 1. The van der Waals surface area contributed by atoms with Gasteiger partial charge in [-0.1, -0.05) is 12.2 Å². The molecule has 19 heteroatoms. The predicted octanol–water partition coefficient (Wildman–Crippen LogP) is 2.56. The molecule has 5 N–H and O–H groups in total. The molecule has 2 aromatic heterocycles. The number of hydrogen-bond acceptors (Lipinski definition) is 10. The molecule has 3 heterocycles. The van der Waals surface area contributed by atoms with E-state index in [9.17, 15) is 28.1 Å². The number of hydrogen-bond donors (Lipinski definition) is 5. The monoisotopic (exact) mass is 541 g/mol. The fourth-order valence-corrected chi connectivity index (χ4v) is 7.04. The number of halogens is 1. The minimum atomic E-state index is -5.66. The van der Waals surface area contributed by atoms with Crippen LogP contribution in [0.15, 0.2) is 17.6 Å². The number of fused-ring (bicyclic) bond motifs is 1. The van der Waals surface area contributed by atoms with Crippen molar-refractivity contribution in [3.8, 4) is 0 Å². The average molecular weight is 541 g/mol. The first-order chi connectivity index (χ1) is 14.2. The number of thiophene rings is 1. The number of aliphatic hydroxyl groups excluding tert-OH is 1. The van der Waals surface area contributed by atoms with Gasteiger partial charge in [-0.3, -0.25) is 4.52 Å². The largest absolute Gasteiger partial charge is 0.490 e. The molecule has 0 aromatic carbocycles. The lowest BCUT2D eigenvalue weighted by molar-refractivity contribution is -0.0440. The number of pyridine rings is 1. The van der Waals surface area contributed by atoms with Crippen molar-refractivity contribution in [1.82, 2.24) is 4.57 Å². The Kier molecular flexibility index (Phi) is 7.39. The van der Waals surface area contributed by atoms with E-state index in [1.165, 1.54) is 15.9 Å². The summed E-state index contributed by atoms with van der Waals surface area (Å²) in [6.07, 6.45) is -2.45. The Morgan fingerprint density at radius 1 is 1.23 bits per heavy atom. The van der Waals surface area contributed by atoms with Gasteiger partial charge in [0.2, 0.25) is 0 Å². The number of aliphatic hydroxyl groups is 1. The van der Waals surface area contributed by atoms with Crippen LogP contribution >= 0.6 is 47.0 Å². The highest BCUT2D eigenvalue weighted by molar-refractivity contribution is 7.71. The van der Waals surface area contributed by atoms with E-state index >= 15 is 0 Å². The summed E-state index contributed by atoms with van der Waals surface area (Å²) in [5, 5.41) is 12.1. The summed E-state index contributed by atoms with van der Waals surface area (Å²) < 4.78 is 67.2. The van der Waals surface area contributed by atoms with Crippen LogP contribution in [0.4, 0.5) is 4.39 Å². The highest BCUT2D eigenvalue weighted by Crippen LogP contribution is 2.66. The van der Waals surface area contributed by atoms with Crippen LogP contribution in [0.3, 0.4) is 0 Å². The Morgan fingerprint density at radius 3 is 2.55 bits per heavy atom. The normalized spacial score (nSPS) is 26.1. The van der Waals surface area contributed by atoms with E-state index < -0.39 is 54.3 Å². The third-order valence-electron chi connectivity index (χ3n) is 3.94. The molecule has 13 nitrogen and oxygen atoms in total. The minimum absolute atomic E-state index is 0.0882. The zero-order chi connectivity index (χ0) is 23.2. The van der Waals surface area contributed by atoms with Gasteiger partial charge in [-0.2, -0.15) is 8.62 Å². The second-order valence-electron chi connectivity index (χ2n) is 6.17. The Morgan fingerprint density at radius 2 is 1.90 bits per heavy atom. The van der Waals surface area contributed by atoms with Gasteiger partial charge < -0.3 is 34.0 Å². The van der Waals surface area contributed by atoms with Crippen LogP contribution in [0.2, 0.25) is 0 Å². The second kappa shape index (κ2) is 9.09. The SMILES string of the molecule is O=P(O)(O)OP(=O)(O)OP(=O)(O)OC[C@H]1O[C@@H](n2cc(F)c3ccsc3c2=S)CC1O. The first-order valence-electron chi connectivity index (χ1n) is 8.07. The van der Waals surface area contributed by atoms with E-state index in [1.54, 1.807) is 11.4 Å². The van der Waals surface area contributed by atoms with Gasteiger partial charge in [-0.15, -0.1) is 11.3 Å². The van der Waals surface area contributed by atoms with Crippen molar-refractivity contribution >= 4 is 57.1 Å². The maximum atomic E-state index is 14.3. The van der Waals surface area contributed by atoms with Crippen molar-refractivity contribution < 1.29 is 60.6 Å². The molecule has 0 spiro atoms. The lowest BCUT2D eigenvalue weighted by Gasteiger charge is -2.20. The summed E-state index contributed by atoms with van der Waals surface area (Å²) in [6.45, 7) is -0.835. The predicted molar refractivity (Wildman–Crippen MR) is 105 cm³/mol. The summed E-state index contributed by atoms with van der Waals surface area (Å²) in [6, 6.07) is 1.56. The topological polar surface area (TPSA) is 194 Å². The molecule has 0 amide bonds. The van der Waals surface area contributed by atoms with Crippen LogP contribution in [0.5, 0.6) is 0 Å². The zero-order valence-electron chi connectivity index (χ0n) is 15.0. The molecular formula is C12H15FNO12P3S2. The zero-order valence-corrected chi connectivity index (χ0v) is 19.3. The molecule has 5 atom stereocenters. The van der Waals surface area contributed by atoms with Crippen LogP contribution < -0.4 is 0 Å². The Bertz CT molecular complexity index is 1180. The molecule has 0 bridgehead atoms. The second-order valence-corrected chi connectivity index (χ2v) is 11.9. The maximum absolute atomic E-state index is 14.3. The van der Waals surface area contributed by atoms with Crippen molar-refractivity contribution in [3.05, 3.63) is 28.1 Å². The van der Waals surface area contributed by atoms with Crippen molar-refractivity contribution in [2.24, 2.45) is 0 Å². The quantitative estimate of drug-likeness (QED) is 0.242. The Labute approximate surface area is 182 Å². The van der Waals surface area contributed by atoms with Gasteiger partial charge >= 0.3 is 23.5 Å². The molecule has 3 rings (SSSR count). The molecule has 2 aromatic rings. The Hall–Kier alpha value is -0.410. The van der Waals surface area contributed by atoms with Crippen LogP contribution in [-0.2, 0) is 31.6 Å². The molecule has 174 valence electrons. The van der Waals surface area contributed by atoms with E-state index in [0.717, 1.165) is 6.20 Å². The summed E-state index contributed by atoms with van der Waals surface area (Å²) in [5.74, 6) is -0.570. The van der Waals surface area contributed by atoms with Gasteiger partial charge in [0, 0.05) is 18.0 Å². The van der Waals surface area contributed by atoms with Crippen LogP contribution in [0, 0.1) is 10.5 Å². The van der Waals surface area contributed by atoms with Gasteiger partial charge in [0.1, 0.15) is 22.8 Å². The van der Waals surface area contributed by atoms with Crippen molar-refractivity contribution in [2.45, 2.75) is 24.9 Å². The highest BCUT2D eigenvalue weighted by atomic mass is 32.1. The Balaban J connectivity index is 1.67. The summed E-state index contributed by atoms with van der Waals surface area (Å²) in [4.78, 5) is 35.6. The first kappa shape index (κ1) is 25.2. The van der Waals surface area contributed by atoms with Crippen LogP contribution in [0.1, 0.15) is 12.6 Å². The molecular weight excluding hydrogens is 526 g/mol. The summed E-state index contributed by atoms with van der Waals surface area (Å²) in [7, 11) is -16.6. The highest BCUT2D eigenvalue weighted by Gasteiger charge is 2.42. The van der Waals surface area contributed by atoms with Crippen LogP contribution in [-0.4, -0.2) is 48.1 Å². The van der Waals surface area contributed by atoms with Gasteiger partial charge in [0.25, 0.3) is 0 Å². The van der Waals surface area contributed by atoms with E-state index in [0.29, 0.717) is 10.1 Å². The molecule has 1 aliphatic rings. The molecule has 31 heavy (non-hydrogen) atoms. The number of aromatic nitrogens is 1. The molecule has 0 aliphatic carbocycles. The smallest absolute Gasteiger partial charge is 0.390 e. The fraction of sp³-hybridized carbons (Fsp3) is 0.417. The van der Waals surface area contributed by atoms with Crippen molar-refractivity contribution in [2.75, 3.05) is 6.61 Å². The van der Waals surface area contributed by atoms with E-state index in [-0.39, 0.29) is 11.1 Å². The molecule has 0 radical (unpaired) electrons. The maximum Gasteiger partial charge on any atom is 0.490 e. The third-order valence-corrected chi connectivity index (χ3v) is 9.20. The number of rotatable bonds is 8. The summed E-state index contributed by atoms with van der Waals surface area (Å²) in [5.41, 5.74) is 0. The first-order valence-corrected chi connectivity index (χ1v) is 13.9. The third kappa shape index (κ3) is 6.34. The van der Waals surface area contributed by atoms with Crippen LogP contribution in [0.25, 0.3) is 10.1 Å².